The topological polar surface area (TPSA) is 25.8 Å². The van der Waals surface area contributed by atoms with E-state index in [4.69, 9.17) is 0 Å². The summed E-state index contributed by atoms with van der Waals surface area (Å²) in [6.07, 6.45) is 5.26. The highest BCUT2D eigenvalue weighted by Crippen LogP contribution is 2.10. The van der Waals surface area contributed by atoms with E-state index in [1.54, 1.807) is 6.20 Å². The summed E-state index contributed by atoms with van der Waals surface area (Å²) in [5, 5.41) is 1.12. The summed E-state index contributed by atoms with van der Waals surface area (Å²) < 4.78 is 0. The van der Waals surface area contributed by atoms with Crippen LogP contribution in [-0.2, 0) is 6.42 Å². The second kappa shape index (κ2) is 4.18. The maximum absolute atomic E-state index is 4.50. The monoisotopic (exact) mass is 186 g/mol. The molecule has 72 valence electrons. The molecule has 2 nitrogen and oxygen atoms in total. The minimum atomic E-state index is 0.862. The Kier molecular flexibility index (Phi) is 2.73. The van der Waals surface area contributed by atoms with E-state index >= 15 is 0 Å². The summed E-state index contributed by atoms with van der Waals surface area (Å²) in [6.45, 7) is 2.19. The molecule has 0 radical (unpaired) electrons. The molecule has 0 amide bonds. The molecule has 2 aromatic heterocycles. The Bertz CT molecular complexity index is 423. The smallest absolute Gasteiger partial charge is 0.159 e. The van der Waals surface area contributed by atoms with Gasteiger partial charge in [-0.25, -0.2) is 9.97 Å². The van der Waals surface area contributed by atoms with Crippen molar-refractivity contribution in [2.45, 2.75) is 26.2 Å². The molecule has 0 bridgehead atoms. The zero-order valence-corrected chi connectivity index (χ0v) is 8.40. The van der Waals surface area contributed by atoms with Gasteiger partial charge >= 0.3 is 0 Å². The van der Waals surface area contributed by atoms with Crippen molar-refractivity contribution in [3.05, 3.63) is 36.2 Å². The first-order chi connectivity index (χ1) is 6.90. The van der Waals surface area contributed by atoms with Crippen LogP contribution in [0.15, 0.2) is 30.5 Å². The molecule has 0 aliphatic heterocycles. The maximum atomic E-state index is 4.50. The highest BCUT2D eigenvalue weighted by Gasteiger charge is 1.97. The molecule has 2 aromatic rings. The first-order valence-electron chi connectivity index (χ1n) is 5.11. The zero-order chi connectivity index (χ0) is 9.80. The highest BCUT2D eigenvalue weighted by atomic mass is 14.8. The van der Waals surface area contributed by atoms with Gasteiger partial charge in [0.1, 0.15) is 0 Å². The van der Waals surface area contributed by atoms with Crippen molar-refractivity contribution in [3.63, 3.8) is 0 Å². The normalized spacial score (nSPS) is 10.6. The van der Waals surface area contributed by atoms with Crippen LogP contribution in [0.5, 0.6) is 0 Å². The number of nitrogens with zero attached hydrogens (tertiary/aromatic N) is 2. The maximum Gasteiger partial charge on any atom is 0.159 e. The van der Waals surface area contributed by atoms with E-state index in [-0.39, 0.29) is 0 Å². The number of unbranched alkanes of at least 4 members (excludes halogenated alkanes) is 1. The van der Waals surface area contributed by atoms with E-state index < -0.39 is 0 Å². The predicted molar refractivity (Wildman–Crippen MR) is 58.2 cm³/mol. The Morgan fingerprint density at radius 2 is 2.14 bits per heavy atom. The summed E-state index contributed by atoms with van der Waals surface area (Å²) in [5.74, 6) is 0. The predicted octanol–water partition coefficient (Wildman–Crippen LogP) is 2.97. The minimum Gasteiger partial charge on any atom is -0.237 e. The molecule has 0 unspecified atom stereocenters. The Morgan fingerprint density at radius 1 is 1.21 bits per heavy atom. The van der Waals surface area contributed by atoms with Crippen molar-refractivity contribution in [1.82, 2.24) is 9.97 Å². The fraction of sp³-hybridized carbons (Fsp3) is 0.333. The summed E-state index contributed by atoms with van der Waals surface area (Å²) in [4.78, 5) is 8.74. The van der Waals surface area contributed by atoms with Gasteiger partial charge in [-0.3, -0.25) is 0 Å². The van der Waals surface area contributed by atoms with Crippen LogP contribution in [0.2, 0.25) is 0 Å². The molecule has 14 heavy (non-hydrogen) atoms. The zero-order valence-electron chi connectivity index (χ0n) is 8.40. The minimum absolute atomic E-state index is 0.862. The van der Waals surface area contributed by atoms with E-state index in [0.717, 1.165) is 23.1 Å². The lowest BCUT2D eigenvalue weighted by molar-refractivity contribution is 0.779. The largest absolute Gasteiger partial charge is 0.237 e. The molecule has 2 rings (SSSR count). The number of fused-ring (bicyclic) bond motifs is 1. The molecule has 0 fully saturated rings. The van der Waals surface area contributed by atoms with E-state index in [0.29, 0.717) is 0 Å². The second-order valence-electron chi connectivity index (χ2n) is 3.46. The van der Waals surface area contributed by atoms with Crippen molar-refractivity contribution in [2.75, 3.05) is 0 Å². The number of aryl methyl sites for hydroxylation is 1. The van der Waals surface area contributed by atoms with Crippen molar-refractivity contribution < 1.29 is 0 Å². The van der Waals surface area contributed by atoms with Gasteiger partial charge < -0.3 is 0 Å². The Morgan fingerprint density at radius 3 is 3.00 bits per heavy atom. The van der Waals surface area contributed by atoms with Crippen LogP contribution >= 0.6 is 0 Å². The van der Waals surface area contributed by atoms with Crippen LogP contribution in [0, 0.1) is 0 Å². The molecular formula is C12H14N2. The molecule has 0 N–H and O–H groups in total. The van der Waals surface area contributed by atoms with Gasteiger partial charge in [-0.2, -0.15) is 0 Å². The van der Waals surface area contributed by atoms with Crippen LogP contribution in [0.3, 0.4) is 0 Å². The van der Waals surface area contributed by atoms with Gasteiger partial charge in [0, 0.05) is 17.3 Å². The summed E-state index contributed by atoms with van der Waals surface area (Å²) in [5.41, 5.74) is 2.01. The lowest BCUT2D eigenvalue weighted by Gasteiger charge is -2.00. The van der Waals surface area contributed by atoms with Gasteiger partial charge in [-0.15, -0.1) is 0 Å². The quantitative estimate of drug-likeness (QED) is 0.736. The van der Waals surface area contributed by atoms with Crippen molar-refractivity contribution in [3.8, 4) is 0 Å². The van der Waals surface area contributed by atoms with Gasteiger partial charge in [0.2, 0.25) is 0 Å². The van der Waals surface area contributed by atoms with E-state index in [1.165, 1.54) is 12.8 Å². The average Bonchev–Trinajstić information content (AvgIpc) is 2.26. The standard InChI is InChI=1S/C12H14N2/c1-2-3-6-11-8-7-10-5-4-9-13-12(10)14-11/h4-5,7-9H,2-3,6H2,1H3. The van der Waals surface area contributed by atoms with Gasteiger partial charge in [0.05, 0.1) is 0 Å². The third-order valence-corrected chi connectivity index (χ3v) is 2.31. The molecule has 0 aromatic carbocycles. The first-order valence-corrected chi connectivity index (χ1v) is 5.11. The van der Waals surface area contributed by atoms with Gasteiger partial charge in [-0.1, -0.05) is 13.3 Å². The Balaban J connectivity index is 2.32. The molecule has 2 heterocycles. The fourth-order valence-electron chi connectivity index (χ4n) is 1.49. The van der Waals surface area contributed by atoms with Crippen LogP contribution in [-0.4, -0.2) is 9.97 Å². The molecule has 0 saturated carbocycles. The molecule has 0 aliphatic rings. The molecule has 0 spiro atoms. The van der Waals surface area contributed by atoms with Gasteiger partial charge in [0.15, 0.2) is 5.65 Å². The molecule has 0 atom stereocenters. The third-order valence-electron chi connectivity index (χ3n) is 2.31. The molecule has 2 heteroatoms. The summed E-state index contributed by atoms with van der Waals surface area (Å²) >= 11 is 0. The van der Waals surface area contributed by atoms with Crippen molar-refractivity contribution in [2.24, 2.45) is 0 Å². The van der Waals surface area contributed by atoms with Gasteiger partial charge in [0.25, 0.3) is 0 Å². The molecule has 0 saturated heterocycles. The number of aromatic nitrogens is 2. The number of rotatable bonds is 3. The van der Waals surface area contributed by atoms with Crippen molar-refractivity contribution >= 4 is 11.0 Å². The molecule has 0 aliphatic carbocycles. The highest BCUT2D eigenvalue weighted by molar-refractivity contribution is 5.74. The van der Waals surface area contributed by atoms with Gasteiger partial charge in [-0.05, 0) is 37.1 Å². The van der Waals surface area contributed by atoms with E-state index in [2.05, 4.69) is 29.0 Å². The second-order valence-corrected chi connectivity index (χ2v) is 3.46. The number of hydrogen-bond donors (Lipinski definition) is 0. The third kappa shape index (κ3) is 1.90. The summed E-state index contributed by atoms with van der Waals surface area (Å²) in [7, 11) is 0. The Hall–Kier alpha value is -1.44. The SMILES string of the molecule is CCCCc1ccc2cccnc2n1. The summed E-state index contributed by atoms with van der Waals surface area (Å²) in [6, 6.07) is 8.18. The number of hydrogen-bond acceptors (Lipinski definition) is 2. The van der Waals surface area contributed by atoms with Crippen LogP contribution in [0.1, 0.15) is 25.5 Å². The first kappa shape index (κ1) is 9.13. The molecular weight excluding hydrogens is 172 g/mol. The van der Waals surface area contributed by atoms with Crippen LogP contribution in [0.4, 0.5) is 0 Å². The van der Waals surface area contributed by atoms with Crippen LogP contribution in [0.25, 0.3) is 11.0 Å². The number of pyridine rings is 2. The lowest BCUT2D eigenvalue weighted by atomic mass is 10.2. The van der Waals surface area contributed by atoms with E-state index in [1.807, 2.05) is 12.1 Å². The fourth-order valence-corrected chi connectivity index (χ4v) is 1.49. The van der Waals surface area contributed by atoms with Crippen LogP contribution < -0.4 is 0 Å². The lowest BCUT2D eigenvalue weighted by Crippen LogP contribution is -1.91. The van der Waals surface area contributed by atoms with Crippen molar-refractivity contribution in [1.29, 1.82) is 0 Å². The Labute approximate surface area is 84.0 Å². The van der Waals surface area contributed by atoms with E-state index in [9.17, 15) is 0 Å². The average molecular weight is 186 g/mol.